The Bertz CT molecular complexity index is 1380. The van der Waals surface area contributed by atoms with Gasteiger partial charge in [-0.3, -0.25) is 9.59 Å². The van der Waals surface area contributed by atoms with Gasteiger partial charge in [0.15, 0.2) is 0 Å². The molecule has 2 N–H and O–H groups in total. The summed E-state index contributed by atoms with van der Waals surface area (Å²) in [7, 11) is 0. The van der Waals surface area contributed by atoms with Gasteiger partial charge in [0, 0.05) is 29.8 Å². The van der Waals surface area contributed by atoms with Crippen LogP contribution in [-0.2, 0) is 17.6 Å². The summed E-state index contributed by atoms with van der Waals surface area (Å²) in [4.78, 5) is 35.9. The molecule has 1 aliphatic rings. The fourth-order valence-electron chi connectivity index (χ4n) is 4.50. The number of amides is 2. The normalized spacial score (nSPS) is 12.1. The molecule has 0 fully saturated rings. The number of aryl methyl sites for hydroxylation is 2. The quantitative estimate of drug-likeness (QED) is 0.400. The molecule has 0 bridgehead atoms. The van der Waals surface area contributed by atoms with Gasteiger partial charge >= 0.3 is 0 Å². The Kier molecular flexibility index (Phi) is 7.03. The molecule has 6 nitrogen and oxygen atoms in total. The summed E-state index contributed by atoms with van der Waals surface area (Å²) in [5.41, 5.74) is 7.01. The first-order valence-corrected chi connectivity index (χ1v) is 11.4. The first kappa shape index (κ1) is 24.2. The van der Waals surface area contributed by atoms with Crippen molar-refractivity contribution >= 4 is 35.6 Å². The Labute approximate surface area is 210 Å². The van der Waals surface area contributed by atoms with Crippen LogP contribution in [0.1, 0.15) is 33.0 Å². The van der Waals surface area contributed by atoms with Crippen molar-refractivity contribution in [2.45, 2.75) is 26.7 Å². The van der Waals surface area contributed by atoms with Gasteiger partial charge < -0.3 is 15.2 Å². The monoisotopic (exact) mass is 486 g/mol. The highest BCUT2D eigenvalue weighted by Crippen LogP contribution is 2.35. The largest absolute Gasteiger partial charge is 0.342 e. The van der Waals surface area contributed by atoms with E-state index >= 15 is 0 Å². The van der Waals surface area contributed by atoms with E-state index in [1.54, 1.807) is 0 Å². The van der Waals surface area contributed by atoms with E-state index < -0.39 is 0 Å². The van der Waals surface area contributed by atoms with Crippen LogP contribution >= 0.6 is 12.4 Å². The van der Waals surface area contributed by atoms with E-state index in [9.17, 15) is 9.59 Å². The van der Waals surface area contributed by atoms with Crippen molar-refractivity contribution in [3.05, 3.63) is 101 Å². The molecule has 0 saturated carbocycles. The lowest BCUT2D eigenvalue weighted by molar-refractivity contribution is -0.115. The molecule has 35 heavy (non-hydrogen) atoms. The Hall–Kier alpha value is -3.90. The molecule has 4 aromatic rings. The smallest absolute Gasteiger partial charge is 0.258 e. The van der Waals surface area contributed by atoms with Crippen molar-refractivity contribution < 1.29 is 9.59 Å². The van der Waals surface area contributed by atoms with Crippen LogP contribution in [0.25, 0.3) is 11.3 Å². The van der Waals surface area contributed by atoms with Gasteiger partial charge in [-0.05, 0) is 55.3 Å². The van der Waals surface area contributed by atoms with Crippen molar-refractivity contribution in [3.8, 4) is 11.3 Å². The number of carbonyl (C=O) groups excluding carboxylic acids is 2. The Balaban J connectivity index is 0.00000289. The summed E-state index contributed by atoms with van der Waals surface area (Å²) in [5, 5.41) is 2.91. The lowest BCUT2D eigenvalue weighted by Gasteiger charge is -2.23. The lowest BCUT2D eigenvalue weighted by atomic mass is 10.0. The number of aromatic amines is 1. The maximum atomic E-state index is 13.6. The predicted molar refractivity (Wildman–Crippen MR) is 141 cm³/mol. The number of nitrogens with zero attached hydrogens (tertiary/aromatic N) is 2. The van der Waals surface area contributed by atoms with Gasteiger partial charge in [0.05, 0.1) is 23.5 Å². The van der Waals surface area contributed by atoms with Crippen molar-refractivity contribution in [1.29, 1.82) is 0 Å². The van der Waals surface area contributed by atoms with Crippen molar-refractivity contribution in [3.63, 3.8) is 0 Å². The summed E-state index contributed by atoms with van der Waals surface area (Å²) in [6.07, 6.45) is 0.929. The van der Waals surface area contributed by atoms with Gasteiger partial charge in [0.2, 0.25) is 5.91 Å². The molecule has 0 saturated heterocycles. The zero-order valence-corrected chi connectivity index (χ0v) is 20.5. The lowest BCUT2D eigenvalue weighted by Crippen LogP contribution is -2.32. The van der Waals surface area contributed by atoms with Crippen LogP contribution in [0.2, 0.25) is 0 Å². The van der Waals surface area contributed by atoms with Crippen LogP contribution in [-0.4, -0.2) is 28.3 Å². The van der Waals surface area contributed by atoms with Gasteiger partial charge in [-0.1, -0.05) is 42.5 Å². The molecule has 5 rings (SSSR count). The fraction of sp³-hybridized carbons (Fsp3) is 0.179. The zero-order chi connectivity index (χ0) is 23.7. The second-order valence-corrected chi connectivity index (χ2v) is 8.60. The average molecular weight is 487 g/mol. The van der Waals surface area contributed by atoms with Gasteiger partial charge in [-0.15, -0.1) is 12.4 Å². The van der Waals surface area contributed by atoms with Crippen LogP contribution < -0.4 is 10.2 Å². The van der Waals surface area contributed by atoms with Gasteiger partial charge in [-0.2, -0.15) is 0 Å². The molecule has 1 aromatic heterocycles. The van der Waals surface area contributed by atoms with E-state index in [2.05, 4.69) is 15.3 Å². The number of H-pyrrole nitrogens is 1. The maximum absolute atomic E-state index is 13.6. The van der Waals surface area contributed by atoms with Crippen molar-refractivity contribution in [2.24, 2.45) is 0 Å². The minimum Gasteiger partial charge on any atom is -0.342 e. The van der Waals surface area contributed by atoms with E-state index in [1.807, 2.05) is 91.5 Å². The van der Waals surface area contributed by atoms with E-state index in [-0.39, 0.29) is 30.6 Å². The predicted octanol–water partition coefficient (Wildman–Crippen LogP) is 5.50. The van der Waals surface area contributed by atoms with E-state index in [1.165, 1.54) is 0 Å². The third-order valence-electron chi connectivity index (χ3n) is 6.18. The number of imidazole rings is 1. The number of aromatic nitrogens is 2. The first-order chi connectivity index (χ1) is 16.5. The summed E-state index contributed by atoms with van der Waals surface area (Å²) in [6.45, 7) is 4.44. The molecule has 0 unspecified atom stereocenters. The number of rotatable bonds is 4. The summed E-state index contributed by atoms with van der Waals surface area (Å²) < 4.78 is 0. The van der Waals surface area contributed by atoms with Crippen LogP contribution in [0.3, 0.4) is 0 Å². The van der Waals surface area contributed by atoms with Crippen LogP contribution in [0.5, 0.6) is 0 Å². The SMILES string of the molecule is Cc1nc2c([nH]1)-c1ccccc1N(C(=O)c1ccc(CC(=O)Nc3ccccc3)c(C)c1)CC2.Cl. The third kappa shape index (κ3) is 4.98. The number of para-hydroxylation sites is 2. The number of halogens is 1. The fourth-order valence-corrected chi connectivity index (χ4v) is 4.50. The van der Waals surface area contributed by atoms with E-state index in [4.69, 9.17) is 0 Å². The summed E-state index contributed by atoms with van der Waals surface area (Å²) >= 11 is 0. The highest BCUT2D eigenvalue weighted by Gasteiger charge is 2.27. The molecular formula is C28H27ClN4O2. The highest BCUT2D eigenvalue weighted by atomic mass is 35.5. The number of hydrogen-bond acceptors (Lipinski definition) is 3. The van der Waals surface area contributed by atoms with Crippen LogP contribution in [0.15, 0.2) is 72.8 Å². The standard InChI is InChI=1S/C28H26N4O2.ClH/c1-18-16-21(13-12-20(18)17-26(33)31-22-8-4-3-5-9-22)28(34)32-15-14-24-27(30-19(2)29-24)23-10-6-7-11-25(23)32;/h3-13,16H,14-15,17H2,1-2H3,(H,29,30)(H,31,33);1H. The summed E-state index contributed by atoms with van der Waals surface area (Å²) in [6, 6.07) is 22.9. The van der Waals surface area contributed by atoms with Crippen LogP contribution in [0.4, 0.5) is 11.4 Å². The summed E-state index contributed by atoms with van der Waals surface area (Å²) in [5.74, 6) is 0.735. The second kappa shape index (κ2) is 10.2. The molecule has 0 aliphatic carbocycles. The maximum Gasteiger partial charge on any atom is 0.258 e. The van der Waals surface area contributed by atoms with Crippen LogP contribution in [0, 0.1) is 13.8 Å². The van der Waals surface area contributed by atoms with Crippen molar-refractivity contribution in [1.82, 2.24) is 9.97 Å². The molecule has 2 heterocycles. The number of anilines is 2. The number of carbonyl (C=O) groups is 2. The van der Waals surface area contributed by atoms with Gasteiger partial charge in [0.1, 0.15) is 5.82 Å². The highest BCUT2D eigenvalue weighted by molar-refractivity contribution is 6.08. The molecule has 0 atom stereocenters. The molecule has 2 amide bonds. The molecule has 3 aromatic carbocycles. The third-order valence-corrected chi connectivity index (χ3v) is 6.18. The average Bonchev–Trinajstić information content (AvgIpc) is 3.14. The molecule has 1 aliphatic heterocycles. The molecule has 178 valence electrons. The number of hydrogen-bond donors (Lipinski definition) is 2. The minimum atomic E-state index is -0.0845. The number of fused-ring (bicyclic) bond motifs is 3. The molecular weight excluding hydrogens is 460 g/mol. The van der Waals surface area contributed by atoms with Crippen molar-refractivity contribution in [2.75, 3.05) is 16.8 Å². The van der Waals surface area contributed by atoms with Gasteiger partial charge in [-0.25, -0.2) is 4.98 Å². The van der Waals surface area contributed by atoms with E-state index in [0.717, 1.165) is 45.3 Å². The molecule has 0 radical (unpaired) electrons. The first-order valence-electron chi connectivity index (χ1n) is 11.4. The number of benzene rings is 3. The Morgan fingerprint density at radius 3 is 2.51 bits per heavy atom. The topological polar surface area (TPSA) is 78.1 Å². The molecule has 7 heteroatoms. The molecule has 0 spiro atoms. The number of nitrogens with one attached hydrogen (secondary N) is 2. The Morgan fingerprint density at radius 2 is 1.74 bits per heavy atom. The van der Waals surface area contributed by atoms with Gasteiger partial charge in [0.25, 0.3) is 5.91 Å². The zero-order valence-electron chi connectivity index (χ0n) is 19.7. The minimum absolute atomic E-state index is 0. The second-order valence-electron chi connectivity index (χ2n) is 8.60. The van der Waals surface area contributed by atoms with E-state index in [0.29, 0.717) is 18.5 Å². The Morgan fingerprint density at radius 1 is 1.00 bits per heavy atom.